The van der Waals surface area contributed by atoms with E-state index in [1.54, 1.807) is 18.2 Å². The summed E-state index contributed by atoms with van der Waals surface area (Å²) in [6.07, 6.45) is 4.15. The van der Waals surface area contributed by atoms with Crippen LogP contribution in [0, 0.1) is 5.92 Å². The Bertz CT molecular complexity index is 1440. The number of ketones is 1. The summed E-state index contributed by atoms with van der Waals surface area (Å²) in [5, 5.41) is 13.2. The van der Waals surface area contributed by atoms with Crippen molar-refractivity contribution in [2.75, 3.05) is 18.4 Å². The van der Waals surface area contributed by atoms with Crippen LogP contribution in [0.25, 0.3) is 10.9 Å². The summed E-state index contributed by atoms with van der Waals surface area (Å²) < 4.78 is 24.3. The van der Waals surface area contributed by atoms with Gasteiger partial charge in [0.2, 0.25) is 5.78 Å². The molecule has 218 valence electrons. The van der Waals surface area contributed by atoms with Gasteiger partial charge in [0, 0.05) is 43.2 Å². The van der Waals surface area contributed by atoms with Crippen molar-refractivity contribution in [3.05, 3.63) is 64.8 Å². The molecule has 1 aliphatic carbocycles. The highest BCUT2D eigenvalue weighted by atomic mass is 35.5. The molecule has 3 aromatic rings. The van der Waals surface area contributed by atoms with Crippen LogP contribution in [-0.2, 0) is 27.3 Å². The standard InChI is InChI=1S/C31H35ClFN3O5/c1-2-35-19-24(23-7-3-4-8-27(23)35)29(38)34-26-14-9-20(17-25(26)32)18-28(37)31(33,36-15-5-6-16-36)41-22-12-10-21(11-13-22)30(39)40/h3-4,7-9,14,17,19,21-22H,2,5-6,10-13,15-16,18H2,1H3,(H,34,38)(H,39,40). The van der Waals surface area contributed by atoms with Crippen molar-refractivity contribution < 1.29 is 28.6 Å². The van der Waals surface area contributed by atoms with Crippen molar-refractivity contribution in [1.82, 2.24) is 9.47 Å². The number of nitrogens with zero attached hydrogens (tertiary/aromatic N) is 2. The molecular weight excluding hydrogens is 549 g/mol. The average Bonchev–Trinajstić information content (AvgIpc) is 3.64. The van der Waals surface area contributed by atoms with Crippen LogP contribution in [0.4, 0.5) is 10.1 Å². The molecule has 1 aromatic heterocycles. The normalized spacial score (nSPS) is 21.0. The molecule has 2 fully saturated rings. The van der Waals surface area contributed by atoms with Gasteiger partial charge in [-0.1, -0.05) is 35.9 Å². The zero-order valence-corrected chi connectivity index (χ0v) is 23.8. The second-order valence-corrected chi connectivity index (χ2v) is 11.3. The average molecular weight is 584 g/mol. The first-order valence-corrected chi connectivity index (χ1v) is 14.6. The van der Waals surface area contributed by atoms with E-state index in [2.05, 4.69) is 5.32 Å². The predicted molar refractivity (Wildman–Crippen MR) is 155 cm³/mol. The summed E-state index contributed by atoms with van der Waals surface area (Å²) in [6, 6.07) is 12.5. The number of carbonyl (C=O) groups is 3. The van der Waals surface area contributed by atoms with E-state index >= 15 is 4.39 Å². The number of benzene rings is 2. The number of aliphatic carboxylic acids is 1. The largest absolute Gasteiger partial charge is 0.481 e. The maximum atomic E-state index is 16.5. The molecule has 1 aliphatic heterocycles. The molecule has 10 heteroatoms. The van der Waals surface area contributed by atoms with E-state index in [0.717, 1.165) is 30.3 Å². The molecule has 1 saturated carbocycles. The summed E-state index contributed by atoms with van der Waals surface area (Å²) in [6.45, 7) is 3.55. The molecule has 2 N–H and O–H groups in total. The lowest BCUT2D eigenvalue weighted by Gasteiger charge is -2.37. The smallest absolute Gasteiger partial charge is 0.330 e. The van der Waals surface area contributed by atoms with E-state index in [1.165, 1.54) is 4.90 Å². The molecular formula is C31H35ClFN3O5. The third-order valence-electron chi connectivity index (χ3n) is 8.22. The molecule has 1 atom stereocenters. The van der Waals surface area contributed by atoms with Crippen molar-refractivity contribution in [2.45, 2.75) is 70.5 Å². The van der Waals surface area contributed by atoms with Crippen LogP contribution in [0.2, 0.25) is 5.02 Å². The molecule has 8 nitrogen and oxygen atoms in total. The van der Waals surface area contributed by atoms with Gasteiger partial charge in [-0.2, -0.15) is 4.39 Å². The van der Waals surface area contributed by atoms with Crippen LogP contribution >= 0.6 is 11.6 Å². The van der Waals surface area contributed by atoms with E-state index in [4.69, 9.17) is 16.3 Å². The number of hydrogen-bond donors (Lipinski definition) is 2. The van der Waals surface area contributed by atoms with Gasteiger partial charge in [0.1, 0.15) is 0 Å². The number of carboxylic acids is 1. The Hall–Kier alpha value is -3.27. The summed E-state index contributed by atoms with van der Waals surface area (Å²) in [5.41, 5.74) is 2.38. The fourth-order valence-electron chi connectivity index (χ4n) is 5.91. The Morgan fingerprint density at radius 2 is 1.80 bits per heavy atom. The highest BCUT2D eigenvalue weighted by Crippen LogP contribution is 2.35. The number of likely N-dealkylation sites (tertiary alicyclic amines) is 1. The minimum atomic E-state index is -2.59. The van der Waals surface area contributed by atoms with Crippen molar-refractivity contribution >= 4 is 45.9 Å². The number of halogens is 2. The van der Waals surface area contributed by atoms with Crippen LogP contribution < -0.4 is 5.32 Å². The second-order valence-electron chi connectivity index (χ2n) is 10.9. The monoisotopic (exact) mass is 583 g/mol. The molecule has 2 aromatic carbocycles. The summed E-state index contributed by atoms with van der Waals surface area (Å²) >= 11 is 6.52. The summed E-state index contributed by atoms with van der Waals surface area (Å²) in [7, 11) is 0. The van der Waals surface area contributed by atoms with Crippen molar-refractivity contribution in [3.63, 3.8) is 0 Å². The molecule has 2 heterocycles. The first-order chi connectivity index (χ1) is 19.7. The molecule has 1 unspecified atom stereocenters. The van der Waals surface area contributed by atoms with Gasteiger partial charge < -0.3 is 19.7 Å². The Morgan fingerprint density at radius 3 is 2.46 bits per heavy atom. The first-order valence-electron chi connectivity index (χ1n) is 14.2. The number of ether oxygens (including phenoxy) is 1. The molecule has 41 heavy (non-hydrogen) atoms. The quantitative estimate of drug-likeness (QED) is 0.282. The van der Waals surface area contributed by atoms with Crippen molar-refractivity contribution in [3.8, 4) is 0 Å². The number of aromatic nitrogens is 1. The lowest BCUT2D eigenvalue weighted by Crippen LogP contribution is -2.54. The Kier molecular flexibility index (Phi) is 8.77. The Labute approximate surface area is 243 Å². The summed E-state index contributed by atoms with van der Waals surface area (Å²) in [5.74, 6) is -4.93. The van der Waals surface area contributed by atoms with Crippen molar-refractivity contribution in [2.24, 2.45) is 5.92 Å². The SMILES string of the molecule is CCn1cc(C(=O)Nc2ccc(CC(=O)C(F)(OC3CCC(C(=O)O)CC3)N3CCCC3)cc2Cl)c2ccccc21. The van der Waals surface area contributed by atoms with Crippen LogP contribution in [0.1, 0.15) is 61.4 Å². The molecule has 2 aliphatic rings. The van der Waals surface area contributed by atoms with Gasteiger partial charge in [0.15, 0.2) is 0 Å². The summed E-state index contributed by atoms with van der Waals surface area (Å²) in [4.78, 5) is 39.3. The number of carboxylic acid groups (broad SMARTS) is 1. The number of anilines is 1. The van der Waals surface area contributed by atoms with Gasteiger partial charge in [-0.05, 0) is 69.2 Å². The lowest BCUT2D eigenvalue weighted by molar-refractivity contribution is -0.252. The number of alkyl halides is 1. The van der Waals surface area contributed by atoms with Crippen LogP contribution in [0.5, 0.6) is 0 Å². The van der Waals surface area contributed by atoms with Gasteiger partial charge in [0.05, 0.1) is 28.3 Å². The third-order valence-corrected chi connectivity index (χ3v) is 8.54. The van der Waals surface area contributed by atoms with E-state index in [9.17, 15) is 19.5 Å². The maximum Gasteiger partial charge on any atom is 0.330 e. The number of aryl methyl sites for hydroxylation is 1. The fraction of sp³-hybridized carbons (Fsp3) is 0.452. The van der Waals surface area contributed by atoms with Gasteiger partial charge in [0.25, 0.3) is 5.91 Å². The number of carbonyl (C=O) groups excluding carboxylic acids is 2. The number of rotatable bonds is 10. The van der Waals surface area contributed by atoms with E-state index in [-0.39, 0.29) is 17.4 Å². The van der Waals surface area contributed by atoms with E-state index in [1.807, 2.05) is 42.0 Å². The number of para-hydroxylation sites is 1. The minimum Gasteiger partial charge on any atom is -0.481 e. The fourth-order valence-corrected chi connectivity index (χ4v) is 6.16. The number of fused-ring (bicyclic) bond motifs is 1. The Morgan fingerprint density at radius 1 is 1.10 bits per heavy atom. The van der Waals surface area contributed by atoms with Gasteiger partial charge >= 0.3 is 11.9 Å². The number of Topliss-reactive ketones (excluding diaryl/α,β-unsaturated/α-hetero) is 1. The van der Waals surface area contributed by atoms with Gasteiger partial charge in [-0.15, -0.1) is 0 Å². The van der Waals surface area contributed by atoms with Crippen LogP contribution in [0.3, 0.4) is 0 Å². The van der Waals surface area contributed by atoms with Crippen LogP contribution in [0.15, 0.2) is 48.7 Å². The topological polar surface area (TPSA) is 101 Å². The van der Waals surface area contributed by atoms with Crippen LogP contribution in [-0.4, -0.2) is 57.4 Å². The van der Waals surface area contributed by atoms with Gasteiger partial charge in [-0.3, -0.25) is 14.4 Å². The number of hydrogen-bond acceptors (Lipinski definition) is 5. The number of nitrogens with one attached hydrogen (secondary N) is 1. The lowest BCUT2D eigenvalue weighted by atomic mass is 9.87. The molecule has 0 spiro atoms. The molecule has 1 saturated heterocycles. The molecule has 0 radical (unpaired) electrons. The maximum absolute atomic E-state index is 16.5. The minimum absolute atomic E-state index is 0.237. The van der Waals surface area contributed by atoms with Crippen molar-refractivity contribution in [1.29, 1.82) is 0 Å². The van der Waals surface area contributed by atoms with Gasteiger partial charge in [-0.25, -0.2) is 4.90 Å². The zero-order chi connectivity index (χ0) is 29.1. The molecule has 1 amide bonds. The Balaban J connectivity index is 1.29. The van der Waals surface area contributed by atoms with E-state index in [0.29, 0.717) is 55.6 Å². The highest BCUT2D eigenvalue weighted by molar-refractivity contribution is 6.34. The van der Waals surface area contributed by atoms with E-state index < -0.39 is 29.8 Å². The molecule has 0 bridgehead atoms. The molecule has 5 rings (SSSR count). The highest BCUT2D eigenvalue weighted by Gasteiger charge is 2.48. The number of amides is 1. The first kappa shape index (κ1) is 29.2. The second kappa shape index (κ2) is 12.3. The third kappa shape index (κ3) is 6.17. The predicted octanol–water partition coefficient (Wildman–Crippen LogP) is 6.06. The zero-order valence-electron chi connectivity index (χ0n) is 23.1.